The topological polar surface area (TPSA) is 35.5 Å². The summed E-state index contributed by atoms with van der Waals surface area (Å²) in [5.74, 6) is 0. The van der Waals surface area contributed by atoms with Crippen molar-refractivity contribution in [1.29, 1.82) is 0 Å². The van der Waals surface area contributed by atoms with Gasteiger partial charge in [-0.2, -0.15) is 0 Å². The molecule has 0 aromatic rings. The molecule has 0 radical (unpaired) electrons. The third kappa shape index (κ3) is 9.06. The van der Waals surface area contributed by atoms with E-state index in [1.165, 1.54) is 18.3 Å². The van der Waals surface area contributed by atoms with E-state index in [1.54, 1.807) is 0 Å². The van der Waals surface area contributed by atoms with E-state index in [0.29, 0.717) is 0 Å². The summed E-state index contributed by atoms with van der Waals surface area (Å²) in [6.07, 6.45) is 5.48. The van der Waals surface area contributed by atoms with Gasteiger partial charge in [0.05, 0.1) is 7.11 Å². The van der Waals surface area contributed by atoms with E-state index in [2.05, 4.69) is 24.7 Å². The van der Waals surface area contributed by atoms with Crippen molar-refractivity contribution in [3.63, 3.8) is 0 Å². The van der Waals surface area contributed by atoms with E-state index in [9.17, 15) is 4.79 Å². The average Bonchev–Trinajstić information content (AvgIpc) is 2.17. The standard InChI is InChI=1S/C12H20O3/c1-10(2)6-5-7-11(3)8-9-15-12(13)14-4/h6,8H,5,7,9H2,1-4H3/b11-8-. The summed E-state index contributed by atoms with van der Waals surface area (Å²) in [7, 11) is 1.30. The van der Waals surface area contributed by atoms with Crippen molar-refractivity contribution in [3.05, 3.63) is 23.3 Å². The molecule has 0 N–H and O–H groups in total. The molecule has 0 rings (SSSR count). The van der Waals surface area contributed by atoms with Crippen molar-refractivity contribution >= 4 is 6.16 Å². The SMILES string of the molecule is COC(=O)OC/C=C(/C)CCC=C(C)C. The predicted molar refractivity (Wildman–Crippen MR) is 60.8 cm³/mol. The van der Waals surface area contributed by atoms with Crippen LogP contribution in [0.2, 0.25) is 0 Å². The fraction of sp³-hybridized carbons (Fsp3) is 0.583. The Bertz CT molecular complexity index is 248. The first kappa shape index (κ1) is 13.8. The maximum atomic E-state index is 10.6. The van der Waals surface area contributed by atoms with Gasteiger partial charge in [0.15, 0.2) is 0 Å². The van der Waals surface area contributed by atoms with E-state index < -0.39 is 6.16 Å². The number of allylic oxidation sites excluding steroid dienone is 3. The molecule has 86 valence electrons. The van der Waals surface area contributed by atoms with Gasteiger partial charge in [0.2, 0.25) is 0 Å². The Labute approximate surface area is 91.8 Å². The lowest BCUT2D eigenvalue weighted by molar-refractivity contribution is 0.0816. The number of hydrogen-bond donors (Lipinski definition) is 0. The number of hydrogen-bond acceptors (Lipinski definition) is 3. The molecule has 15 heavy (non-hydrogen) atoms. The van der Waals surface area contributed by atoms with Crippen molar-refractivity contribution in [3.8, 4) is 0 Å². The summed E-state index contributed by atoms with van der Waals surface area (Å²) in [4.78, 5) is 10.6. The minimum absolute atomic E-state index is 0.285. The normalized spacial score (nSPS) is 10.8. The van der Waals surface area contributed by atoms with Crippen LogP contribution in [0.5, 0.6) is 0 Å². The molecule has 0 fully saturated rings. The molecule has 0 spiro atoms. The van der Waals surface area contributed by atoms with Gasteiger partial charge in [-0.15, -0.1) is 0 Å². The molecule has 0 aromatic carbocycles. The zero-order valence-electron chi connectivity index (χ0n) is 10.0. The Hall–Kier alpha value is -1.25. The Morgan fingerprint density at radius 2 is 1.87 bits per heavy atom. The van der Waals surface area contributed by atoms with Crippen LogP contribution in [-0.2, 0) is 9.47 Å². The first-order valence-electron chi connectivity index (χ1n) is 5.06. The molecule has 0 aromatic heterocycles. The molecule has 3 heteroatoms. The van der Waals surface area contributed by atoms with Crippen LogP contribution < -0.4 is 0 Å². The number of carbonyl (C=O) groups excluding carboxylic acids is 1. The van der Waals surface area contributed by atoms with Crippen LogP contribution in [-0.4, -0.2) is 19.9 Å². The summed E-state index contributed by atoms with van der Waals surface area (Å²) in [5.41, 5.74) is 2.55. The van der Waals surface area contributed by atoms with Crippen LogP contribution in [0.1, 0.15) is 33.6 Å². The molecule has 0 heterocycles. The summed E-state index contributed by atoms with van der Waals surface area (Å²) in [5, 5.41) is 0. The van der Waals surface area contributed by atoms with Crippen molar-refractivity contribution in [2.45, 2.75) is 33.6 Å². The largest absolute Gasteiger partial charge is 0.508 e. The lowest BCUT2D eigenvalue weighted by atomic mass is 10.1. The minimum Gasteiger partial charge on any atom is -0.438 e. The fourth-order valence-corrected chi connectivity index (χ4v) is 1.00. The second kappa shape index (κ2) is 8.09. The summed E-state index contributed by atoms with van der Waals surface area (Å²) in [6.45, 7) is 6.48. The first-order valence-corrected chi connectivity index (χ1v) is 5.06. The second-order valence-electron chi connectivity index (χ2n) is 3.64. The van der Waals surface area contributed by atoms with Crippen molar-refractivity contribution in [2.24, 2.45) is 0 Å². The zero-order valence-corrected chi connectivity index (χ0v) is 10.0. The van der Waals surface area contributed by atoms with Gasteiger partial charge in [-0.1, -0.05) is 17.2 Å². The van der Waals surface area contributed by atoms with Crippen molar-refractivity contribution < 1.29 is 14.3 Å². The van der Waals surface area contributed by atoms with Crippen LogP contribution in [0.15, 0.2) is 23.3 Å². The lowest BCUT2D eigenvalue weighted by Gasteiger charge is -2.01. The van der Waals surface area contributed by atoms with Crippen LogP contribution in [0.4, 0.5) is 4.79 Å². The van der Waals surface area contributed by atoms with Gasteiger partial charge >= 0.3 is 6.16 Å². The van der Waals surface area contributed by atoms with Crippen LogP contribution >= 0.6 is 0 Å². The van der Waals surface area contributed by atoms with Crippen LogP contribution in [0.25, 0.3) is 0 Å². The maximum absolute atomic E-state index is 10.6. The highest BCUT2D eigenvalue weighted by Gasteiger charge is 1.97. The molecular weight excluding hydrogens is 192 g/mol. The predicted octanol–water partition coefficient (Wildman–Crippen LogP) is 3.46. The van der Waals surface area contributed by atoms with Gasteiger partial charge in [-0.3, -0.25) is 0 Å². The van der Waals surface area contributed by atoms with Crippen LogP contribution in [0.3, 0.4) is 0 Å². The van der Waals surface area contributed by atoms with Gasteiger partial charge in [0.25, 0.3) is 0 Å². The number of methoxy groups -OCH3 is 1. The number of rotatable bonds is 5. The Morgan fingerprint density at radius 3 is 2.40 bits per heavy atom. The zero-order chi connectivity index (χ0) is 11.7. The number of ether oxygens (including phenoxy) is 2. The Balaban J connectivity index is 3.70. The van der Waals surface area contributed by atoms with Crippen LogP contribution in [0, 0.1) is 0 Å². The maximum Gasteiger partial charge on any atom is 0.508 e. The van der Waals surface area contributed by atoms with Gasteiger partial charge in [0, 0.05) is 0 Å². The average molecular weight is 212 g/mol. The van der Waals surface area contributed by atoms with Crippen molar-refractivity contribution in [1.82, 2.24) is 0 Å². The van der Waals surface area contributed by atoms with E-state index >= 15 is 0 Å². The van der Waals surface area contributed by atoms with E-state index in [0.717, 1.165) is 12.8 Å². The molecule has 0 bridgehead atoms. The number of carbonyl (C=O) groups is 1. The first-order chi connectivity index (χ1) is 7.06. The molecule has 0 saturated carbocycles. The molecule has 0 saturated heterocycles. The third-order valence-electron chi connectivity index (χ3n) is 1.89. The summed E-state index contributed by atoms with van der Waals surface area (Å²) >= 11 is 0. The molecule has 0 aliphatic carbocycles. The highest BCUT2D eigenvalue weighted by atomic mass is 16.7. The Kier molecular flexibility index (Phi) is 7.42. The molecule has 0 amide bonds. The fourth-order valence-electron chi connectivity index (χ4n) is 1.00. The third-order valence-corrected chi connectivity index (χ3v) is 1.89. The summed E-state index contributed by atoms with van der Waals surface area (Å²) in [6, 6.07) is 0. The smallest absolute Gasteiger partial charge is 0.438 e. The van der Waals surface area contributed by atoms with Gasteiger partial charge < -0.3 is 9.47 Å². The molecule has 0 atom stereocenters. The monoisotopic (exact) mass is 212 g/mol. The minimum atomic E-state index is -0.636. The van der Waals surface area contributed by atoms with E-state index in [1.807, 2.05) is 13.0 Å². The van der Waals surface area contributed by atoms with Gasteiger partial charge in [-0.05, 0) is 39.7 Å². The summed E-state index contributed by atoms with van der Waals surface area (Å²) < 4.78 is 9.08. The molecule has 3 nitrogen and oxygen atoms in total. The molecular formula is C12H20O3. The van der Waals surface area contributed by atoms with E-state index in [-0.39, 0.29) is 6.61 Å². The second-order valence-corrected chi connectivity index (χ2v) is 3.64. The lowest BCUT2D eigenvalue weighted by Crippen LogP contribution is -2.03. The Morgan fingerprint density at radius 1 is 1.20 bits per heavy atom. The van der Waals surface area contributed by atoms with E-state index in [4.69, 9.17) is 4.74 Å². The molecule has 0 aliphatic heterocycles. The molecule has 0 aliphatic rings. The van der Waals surface area contributed by atoms with Crippen molar-refractivity contribution in [2.75, 3.05) is 13.7 Å². The quantitative estimate of drug-likeness (QED) is 0.517. The highest BCUT2D eigenvalue weighted by molar-refractivity contribution is 5.59. The highest BCUT2D eigenvalue weighted by Crippen LogP contribution is 2.06. The van der Waals surface area contributed by atoms with Gasteiger partial charge in [0.1, 0.15) is 6.61 Å². The molecule has 0 unspecified atom stereocenters. The van der Waals surface area contributed by atoms with Gasteiger partial charge in [-0.25, -0.2) is 4.79 Å².